The molecule has 1 N–H and O–H groups in total. The minimum absolute atomic E-state index is 0.0308. The van der Waals surface area contributed by atoms with Crippen LogP contribution in [0, 0.1) is 0 Å². The molecule has 0 aromatic heterocycles. The zero-order chi connectivity index (χ0) is 40.6. The summed E-state index contributed by atoms with van der Waals surface area (Å²) in [5, 5.41) is 13.6. The number of hydrogen-bond acceptors (Lipinski definition) is 7. The first kappa shape index (κ1) is 39.8. The smallest absolute Gasteiger partial charge is 0.302 e. The largest absolute Gasteiger partial charge is 0.497 e. The van der Waals surface area contributed by atoms with Crippen molar-refractivity contribution in [2.24, 2.45) is 0 Å². The van der Waals surface area contributed by atoms with Gasteiger partial charge < -0.3 is 29.1 Å². The van der Waals surface area contributed by atoms with E-state index in [1.165, 1.54) is 6.92 Å². The van der Waals surface area contributed by atoms with Gasteiger partial charge in [-0.05, 0) is 68.6 Å². The van der Waals surface area contributed by atoms with Crippen molar-refractivity contribution in [3.8, 4) is 11.5 Å². The molecule has 6 aromatic carbocycles. The average molecular weight is 777 g/mol. The Hall–Kier alpha value is -6.45. The van der Waals surface area contributed by atoms with Gasteiger partial charge in [0.15, 0.2) is 0 Å². The summed E-state index contributed by atoms with van der Waals surface area (Å²) >= 11 is 0. The molecule has 1 heterocycles. The van der Waals surface area contributed by atoms with E-state index in [9.17, 15) is 9.90 Å². The van der Waals surface area contributed by atoms with Crippen LogP contribution in [0.4, 0.5) is 5.69 Å². The second-order valence-electron chi connectivity index (χ2n) is 14.6. The normalized spacial score (nSPS) is 15.1. The molecule has 58 heavy (non-hydrogen) atoms. The minimum Gasteiger partial charge on any atom is -0.497 e. The topological polar surface area (TPSA) is 106 Å². The minimum atomic E-state index is -0.865. The number of aliphatic hydroxyl groups excluding tert-OH is 1. The molecular formula is C49H48N2O7. The highest BCUT2D eigenvalue weighted by molar-refractivity contribution is 5.99. The van der Waals surface area contributed by atoms with Gasteiger partial charge in [-0.15, -0.1) is 6.58 Å². The Kier molecular flexibility index (Phi) is 12.5. The molecule has 9 heteroatoms. The highest BCUT2D eigenvalue weighted by Crippen LogP contribution is 2.48. The monoisotopic (exact) mass is 776 g/mol. The van der Waals surface area contributed by atoms with E-state index in [4.69, 9.17) is 14.2 Å². The number of aliphatic hydroxyl groups is 1. The maximum atomic E-state index is 15.1. The van der Waals surface area contributed by atoms with Crippen molar-refractivity contribution in [1.29, 1.82) is 0 Å². The molecule has 296 valence electrons. The lowest BCUT2D eigenvalue weighted by Gasteiger charge is -2.39. The maximum Gasteiger partial charge on any atom is 0.302 e. The van der Waals surface area contributed by atoms with E-state index in [0.29, 0.717) is 29.2 Å². The molecule has 7 rings (SSSR count). The van der Waals surface area contributed by atoms with Crippen LogP contribution in [0.3, 0.4) is 0 Å². The van der Waals surface area contributed by atoms with Crippen LogP contribution in [0.1, 0.15) is 48.1 Å². The Labute approximate surface area is 339 Å². The predicted molar refractivity (Wildman–Crippen MR) is 227 cm³/mol. The van der Waals surface area contributed by atoms with Crippen LogP contribution in [0.25, 0.3) is 21.5 Å². The van der Waals surface area contributed by atoms with Crippen molar-refractivity contribution >= 4 is 45.0 Å². The van der Waals surface area contributed by atoms with E-state index >= 15 is 9.59 Å². The Morgan fingerprint density at radius 3 is 2.26 bits per heavy atom. The van der Waals surface area contributed by atoms with Gasteiger partial charge in [0.2, 0.25) is 11.8 Å². The molecule has 1 unspecified atom stereocenters. The highest BCUT2D eigenvalue weighted by atomic mass is 16.5. The zero-order valence-corrected chi connectivity index (χ0v) is 32.9. The molecule has 0 radical (unpaired) electrons. The van der Waals surface area contributed by atoms with E-state index in [2.05, 4.69) is 6.58 Å². The lowest BCUT2D eigenvalue weighted by molar-refractivity contribution is -0.149. The molecule has 6 aromatic rings. The summed E-state index contributed by atoms with van der Waals surface area (Å²) in [6, 6.07) is 39.4. The van der Waals surface area contributed by atoms with Crippen LogP contribution in [0.15, 0.2) is 140 Å². The Bertz CT molecular complexity index is 2420. The molecule has 0 saturated heterocycles. The molecule has 0 bridgehead atoms. The van der Waals surface area contributed by atoms with E-state index in [-0.39, 0.29) is 50.8 Å². The number of benzene rings is 6. The van der Waals surface area contributed by atoms with Crippen molar-refractivity contribution in [2.45, 2.75) is 57.3 Å². The maximum absolute atomic E-state index is 15.1. The fraction of sp³-hybridized carbons (Fsp3) is 0.245. The molecule has 3 atom stereocenters. The number of nitrogens with zero attached hydrogens (tertiary/aromatic N) is 2. The Morgan fingerprint density at radius 1 is 0.810 bits per heavy atom. The van der Waals surface area contributed by atoms with Gasteiger partial charge in [-0.25, -0.2) is 0 Å². The third-order valence-corrected chi connectivity index (χ3v) is 10.7. The van der Waals surface area contributed by atoms with E-state index in [1.807, 2.05) is 126 Å². The number of carbonyl (C=O) groups is 3. The van der Waals surface area contributed by atoms with Gasteiger partial charge in [-0.2, -0.15) is 0 Å². The van der Waals surface area contributed by atoms with E-state index in [1.54, 1.807) is 24.2 Å². The quantitative estimate of drug-likeness (QED) is 0.0597. The van der Waals surface area contributed by atoms with Crippen LogP contribution in [0.2, 0.25) is 0 Å². The Balaban J connectivity index is 1.40. The van der Waals surface area contributed by atoms with Gasteiger partial charge in [0.1, 0.15) is 17.6 Å². The number of carbonyl (C=O) groups excluding carboxylic acids is 3. The second-order valence-corrected chi connectivity index (χ2v) is 14.6. The lowest BCUT2D eigenvalue weighted by Crippen LogP contribution is -2.53. The number of esters is 1. The lowest BCUT2D eigenvalue weighted by atomic mass is 9.93. The zero-order valence-electron chi connectivity index (χ0n) is 32.9. The van der Waals surface area contributed by atoms with Gasteiger partial charge >= 0.3 is 5.97 Å². The number of amides is 2. The standard InChI is InChI=1S/C49H48N2O7/c1-4-11-45(58-33(2)53)49-48(50(46(54)29-34-19-22-40(56-3)23-20-34)32-39-16-9-15-37-13-7-8-17-42(37)39)43-31-41(57-27-10-26-52)24-25-44(43)51(49)47(55)30-35-18-21-36-12-5-6-14-38(36)28-35/h4-9,12-25,28,31,45,48-49,52H,1,10-11,26-27,29-30,32H2,2-3H3/t45?,48-,49+/m0/s1. The summed E-state index contributed by atoms with van der Waals surface area (Å²) in [5.74, 6) is 0.292. The summed E-state index contributed by atoms with van der Waals surface area (Å²) in [6.45, 7) is 5.79. The number of methoxy groups -OCH3 is 1. The van der Waals surface area contributed by atoms with Crippen LogP contribution >= 0.6 is 0 Å². The first-order chi connectivity index (χ1) is 28.3. The summed E-state index contributed by atoms with van der Waals surface area (Å²) in [6.07, 6.45) is 1.59. The van der Waals surface area contributed by atoms with Crippen LogP contribution in [-0.4, -0.2) is 60.3 Å². The number of rotatable bonds is 16. The first-order valence-electron chi connectivity index (χ1n) is 19.6. The van der Waals surface area contributed by atoms with Crippen molar-refractivity contribution in [3.05, 3.63) is 162 Å². The van der Waals surface area contributed by atoms with E-state index in [0.717, 1.165) is 38.2 Å². The van der Waals surface area contributed by atoms with Crippen LogP contribution in [-0.2, 0) is 38.5 Å². The van der Waals surface area contributed by atoms with Gasteiger partial charge in [0.25, 0.3) is 0 Å². The van der Waals surface area contributed by atoms with Crippen molar-refractivity contribution < 1.29 is 33.7 Å². The number of fused-ring (bicyclic) bond motifs is 3. The molecule has 0 aliphatic carbocycles. The Morgan fingerprint density at radius 2 is 1.52 bits per heavy atom. The summed E-state index contributed by atoms with van der Waals surface area (Å²) in [7, 11) is 1.60. The molecule has 2 amide bonds. The molecule has 0 saturated carbocycles. The molecule has 0 spiro atoms. The van der Waals surface area contributed by atoms with Crippen molar-refractivity contribution in [3.63, 3.8) is 0 Å². The molecule has 0 fully saturated rings. The molecule has 9 nitrogen and oxygen atoms in total. The molecular weight excluding hydrogens is 729 g/mol. The third kappa shape index (κ3) is 8.75. The molecule has 1 aliphatic heterocycles. The number of hydrogen-bond donors (Lipinski definition) is 1. The third-order valence-electron chi connectivity index (χ3n) is 10.7. The van der Waals surface area contributed by atoms with Gasteiger partial charge in [0.05, 0.1) is 38.6 Å². The van der Waals surface area contributed by atoms with Crippen molar-refractivity contribution in [1.82, 2.24) is 4.90 Å². The fourth-order valence-corrected chi connectivity index (χ4v) is 8.06. The van der Waals surface area contributed by atoms with Gasteiger partial charge in [-0.1, -0.05) is 103 Å². The summed E-state index contributed by atoms with van der Waals surface area (Å²) in [4.78, 5) is 46.6. The van der Waals surface area contributed by atoms with Crippen LogP contribution < -0.4 is 14.4 Å². The first-order valence-corrected chi connectivity index (χ1v) is 19.6. The highest BCUT2D eigenvalue weighted by Gasteiger charge is 2.50. The number of ether oxygens (including phenoxy) is 3. The SMILES string of the molecule is C=CCC(OC(C)=O)[C@@H]1[C@@H](N(Cc2cccc3ccccc23)C(=O)Cc2ccc(OC)cc2)c2cc(OCCCO)ccc2N1C(=O)Cc1ccc2ccccc2c1. The predicted octanol–water partition coefficient (Wildman–Crippen LogP) is 8.54. The van der Waals surface area contributed by atoms with Crippen LogP contribution in [0.5, 0.6) is 11.5 Å². The summed E-state index contributed by atoms with van der Waals surface area (Å²) < 4.78 is 17.6. The van der Waals surface area contributed by atoms with Crippen molar-refractivity contribution in [2.75, 3.05) is 25.2 Å². The second kappa shape index (κ2) is 18.2. The summed E-state index contributed by atoms with van der Waals surface area (Å²) in [5.41, 5.74) is 3.81. The van der Waals surface area contributed by atoms with E-state index < -0.39 is 24.2 Å². The number of anilines is 1. The fourth-order valence-electron chi connectivity index (χ4n) is 8.06. The molecule has 1 aliphatic rings. The van der Waals surface area contributed by atoms with Gasteiger partial charge in [-0.3, -0.25) is 14.4 Å². The van der Waals surface area contributed by atoms with Gasteiger partial charge in [0, 0.05) is 44.2 Å². The average Bonchev–Trinajstić information content (AvgIpc) is 3.57.